The highest BCUT2D eigenvalue weighted by Gasteiger charge is 2.16. The minimum atomic E-state index is -0.817. The maximum absolute atomic E-state index is 13.3. The van der Waals surface area contributed by atoms with Gasteiger partial charge >= 0.3 is 0 Å². The quantitative estimate of drug-likeness (QED) is 0.752. The van der Waals surface area contributed by atoms with Crippen LogP contribution in [0, 0.1) is 12.7 Å². The fourth-order valence-corrected chi connectivity index (χ4v) is 2.23. The number of hydrogen-bond donors (Lipinski definition) is 1. The van der Waals surface area contributed by atoms with Gasteiger partial charge in [0.25, 0.3) is 0 Å². The van der Waals surface area contributed by atoms with Crippen LogP contribution in [0.5, 0.6) is 0 Å². The summed E-state index contributed by atoms with van der Waals surface area (Å²) >= 11 is 0. The van der Waals surface area contributed by atoms with Crippen LogP contribution in [0.15, 0.2) is 53.1 Å². The lowest BCUT2D eigenvalue weighted by Gasteiger charge is -2.10. The molecule has 3 heteroatoms. The largest absolute Gasteiger partial charge is 0.464 e. The molecule has 1 heterocycles. The van der Waals surface area contributed by atoms with Crippen molar-refractivity contribution < 1.29 is 13.9 Å². The van der Waals surface area contributed by atoms with Crippen LogP contribution in [0.3, 0.4) is 0 Å². The van der Waals surface area contributed by atoms with Crippen LogP contribution in [0.2, 0.25) is 0 Å². The van der Waals surface area contributed by atoms with E-state index in [0.29, 0.717) is 16.7 Å². The molecule has 2 nitrogen and oxygen atoms in total. The summed E-state index contributed by atoms with van der Waals surface area (Å²) in [4.78, 5) is 0. The highest BCUT2D eigenvalue weighted by molar-refractivity contribution is 5.81. The lowest BCUT2D eigenvalue weighted by molar-refractivity contribution is 0.220. The zero-order valence-electron chi connectivity index (χ0n) is 10.4. The third-order valence-electron chi connectivity index (χ3n) is 3.30. The number of furan rings is 1. The molecule has 19 heavy (non-hydrogen) atoms. The van der Waals surface area contributed by atoms with Crippen LogP contribution < -0.4 is 0 Å². The molecule has 0 saturated carbocycles. The number of aryl methyl sites for hydroxylation is 1. The summed E-state index contributed by atoms with van der Waals surface area (Å²) < 4.78 is 18.7. The molecule has 0 aliphatic rings. The Kier molecular flexibility index (Phi) is 2.84. The average Bonchev–Trinajstić information content (AvgIpc) is 2.85. The standard InChI is InChI=1S/C16H13FO2/c1-10-8-11(6-7-14(10)17)16(18)13-9-19-15-5-3-2-4-12(13)15/h2-9,16,18H,1H3. The molecule has 1 unspecified atom stereocenters. The number of aliphatic hydroxyl groups excluding tert-OH is 1. The molecule has 1 atom stereocenters. The van der Waals surface area contributed by atoms with Crippen LogP contribution in [-0.4, -0.2) is 5.11 Å². The summed E-state index contributed by atoms with van der Waals surface area (Å²) in [6.45, 7) is 1.68. The van der Waals surface area contributed by atoms with Crippen LogP contribution in [0.1, 0.15) is 22.8 Å². The Morgan fingerprint density at radius 3 is 2.74 bits per heavy atom. The Hall–Kier alpha value is -2.13. The molecular formula is C16H13FO2. The number of para-hydroxylation sites is 1. The van der Waals surface area contributed by atoms with Gasteiger partial charge in [-0.05, 0) is 30.2 Å². The normalized spacial score (nSPS) is 12.8. The molecule has 0 amide bonds. The first-order valence-corrected chi connectivity index (χ1v) is 6.07. The van der Waals surface area contributed by atoms with Crippen LogP contribution in [0.25, 0.3) is 11.0 Å². The van der Waals surface area contributed by atoms with Crippen molar-refractivity contribution in [2.24, 2.45) is 0 Å². The lowest BCUT2D eigenvalue weighted by Crippen LogP contribution is -1.99. The van der Waals surface area contributed by atoms with Gasteiger partial charge < -0.3 is 9.52 Å². The number of benzene rings is 2. The Labute approximate surface area is 110 Å². The number of aliphatic hydroxyl groups is 1. The molecule has 3 rings (SSSR count). The molecule has 0 radical (unpaired) electrons. The van der Waals surface area contributed by atoms with Gasteiger partial charge in [-0.15, -0.1) is 0 Å². The Bertz CT molecular complexity index is 730. The molecule has 0 aliphatic carbocycles. The molecule has 2 aromatic carbocycles. The molecule has 0 saturated heterocycles. The highest BCUT2D eigenvalue weighted by atomic mass is 19.1. The molecular weight excluding hydrogens is 243 g/mol. The van der Waals surface area contributed by atoms with E-state index in [4.69, 9.17) is 4.42 Å². The number of rotatable bonds is 2. The Balaban J connectivity index is 2.08. The first-order chi connectivity index (χ1) is 9.16. The van der Waals surface area contributed by atoms with E-state index in [1.165, 1.54) is 6.07 Å². The molecule has 1 aromatic heterocycles. The summed E-state index contributed by atoms with van der Waals surface area (Å²) in [6.07, 6.45) is 0.733. The topological polar surface area (TPSA) is 33.4 Å². The van der Waals surface area contributed by atoms with E-state index in [2.05, 4.69) is 0 Å². The summed E-state index contributed by atoms with van der Waals surface area (Å²) in [5, 5.41) is 11.3. The van der Waals surface area contributed by atoms with Crippen molar-refractivity contribution in [3.05, 3.63) is 71.2 Å². The molecule has 0 aliphatic heterocycles. The number of halogens is 1. The molecule has 96 valence electrons. The van der Waals surface area contributed by atoms with Crippen LogP contribution in [-0.2, 0) is 0 Å². The summed E-state index contributed by atoms with van der Waals surface area (Å²) in [6, 6.07) is 12.1. The number of hydrogen-bond acceptors (Lipinski definition) is 2. The summed E-state index contributed by atoms with van der Waals surface area (Å²) in [7, 11) is 0. The molecule has 3 aromatic rings. The van der Waals surface area contributed by atoms with Gasteiger partial charge in [-0.3, -0.25) is 0 Å². The van der Waals surface area contributed by atoms with Gasteiger partial charge in [0.1, 0.15) is 17.5 Å². The second kappa shape index (κ2) is 4.52. The lowest BCUT2D eigenvalue weighted by atomic mass is 9.99. The van der Waals surface area contributed by atoms with Crippen molar-refractivity contribution in [2.45, 2.75) is 13.0 Å². The van der Waals surface area contributed by atoms with Crippen molar-refractivity contribution in [3.8, 4) is 0 Å². The second-order valence-corrected chi connectivity index (χ2v) is 4.60. The van der Waals surface area contributed by atoms with Crippen molar-refractivity contribution in [1.29, 1.82) is 0 Å². The minimum Gasteiger partial charge on any atom is -0.464 e. The van der Waals surface area contributed by atoms with Gasteiger partial charge in [-0.1, -0.05) is 30.3 Å². The molecule has 0 fully saturated rings. The molecule has 0 spiro atoms. The predicted molar refractivity (Wildman–Crippen MR) is 71.4 cm³/mol. The van der Waals surface area contributed by atoms with Crippen molar-refractivity contribution in [1.82, 2.24) is 0 Å². The van der Waals surface area contributed by atoms with Crippen molar-refractivity contribution in [3.63, 3.8) is 0 Å². The Morgan fingerprint density at radius 2 is 1.95 bits per heavy atom. The van der Waals surface area contributed by atoms with E-state index in [1.54, 1.807) is 25.3 Å². The van der Waals surface area contributed by atoms with E-state index in [1.807, 2.05) is 24.3 Å². The smallest absolute Gasteiger partial charge is 0.134 e. The molecule has 1 N–H and O–H groups in total. The van der Waals surface area contributed by atoms with Crippen LogP contribution in [0.4, 0.5) is 4.39 Å². The van der Waals surface area contributed by atoms with Gasteiger partial charge in [0.15, 0.2) is 0 Å². The minimum absolute atomic E-state index is 0.270. The zero-order chi connectivity index (χ0) is 13.4. The van der Waals surface area contributed by atoms with Gasteiger partial charge in [0.2, 0.25) is 0 Å². The van der Waals surface area contributed by atoms with E-state index in [9.17, 15) is 9.50 Å². The van der Waals surface area contributed by atoms with Crippen molar-refractivity contribution >= 4 is 11.0 Å². The fourth-order valence-electron chi connectivity index (χ4n) is 2.23. The van der Waals surface area contributed by atoms with Gasteiger partial charge in [-0.2, -0.15) is 0 Å². The van der Waals surface area contributed by atoms with Gasteiger partial charge in [0, 0.05) is 10.9 Å². The van der Waals surface area contributed by atoms with Crippen molar-refractivity contribution in [2.75, 3.05) is 0 Å². The van der Waals surface area contributed by atoms with E-state index >= 15 is 0 Å². The third-order valence-corrected chi connectivity index (χ3v) is 3.30. The number of fused-ring (bicyclic) bond motifs is 1. The summed E-state index contributed by atoms with van der Waals surface area (Å²) in [5.41, 5.74) is 2.60. The van der Waals surface area contributed by atoms with E-state index in [0.717, 1.165) is 11.0 Å². The van der Waals surface area contributed by atoms with E-state index in [-0.39, 0.29) is 5.82 Å². The highest BCUT2D eigenvalue weighted by Crippen LogP contribution is 2.30. The second-order valence-electron chi connectivity index (χ2n) is 4.60. The first kappa shape index (κ1) is 11.9. The van der Waals surface area contributed by atoms with Crippen LogP contribution >= 0.6 is 0 Å². The maximum atomic E-state index is 13.3. The van der Waals surface area contributed by atoms with E-state index < -0.39 is 6.10 Å². The van der Waals surface area contributed by atoms with Gasteiger partial charge in [0.05, 0.1) is 6.26 Å². The fraction of sp³-hybridized carbons (Fsp3) is 0.125. The monoisotopic (exact) mass is 256 g/mol. The SMILES string of the molecule is Cc1cc(C(O)c2coc3ccccc23)ccc1F. The third kappa shape index (κ3) is 2.02. The summed E-state index contributed by atoms with van der Waals surface area (Å²) in [5.74, 6) is -0.270. The predicted octanol–water partition coefficient (Wildman–Crippen LogP) is 3.96. The maximum Gasteiger partial charge on any atom is 0.134 e. The average molecular weight is 256 g/mol. The first-order valence-electron chi connectivity index (χ1n) is 6.07. The molecule has 0 bridgehead atoms. The zero-order valence-corrected chi connectivity index (χ0v) is 10.4. The van der Waals surface area contributed by atoms with Gasteiger partial charge in [-0.25, -0.2) is 4.39 Å². The Morgan fingerprint density at radius 1 is 1.16 bits per heavy atom.